The Balaban J connectivity index is 1.56. The van der Waals surface area contributed by atoms with Gasteiger partial charge in [-0.25, -0.2) is 10.4 Å². The van der Waals surface area contributed by atoms with Crippen molar-refractivity contribution in [3.8, 4) is 23.7 Å². The SMILES string of the molecule is C#CCn1c(-c2ccc(C(=O)N/N=C/c3ccc[nH]3)cc2)nc2ccccc21. The second-order valence-electron chi connectivity index (χ2n) is 6.12. The standard InChI is InChI=1S/C22H17N5O/c1-2-14-27-20-8-4-3-7-19(20)25-21(27)16-9-11-17(12-10-16)22(28)26-24-15-18-6-5-13-23-18/h1,3-13,15,23H,14H2,(H,26,28)/b24-15+. The Kier molecular flexibility index (Phi) is 4.72. The van der Waals surface area contributed by atoms with E-state index in [1.165, 1.54) is 0 Å². The van der Waals surface area contributed by atoms with Gasteiger partial charge in [0.1, 0.15) is 5.82 Å². The highest BCUT2D eigenvalue weighted by atomic mass is 16.2. The molecule has 1 amide bonds. The van der Waals surface area contributed by atoms with E-state index in [1.54, 1.807) is 24.5 Å². The first-order valence-corrected chi connectivity index (χ1v) is 8.72. The number of carbonyl (C=O) groups excluding carboxylic acids is 1. The summed E-state index contributed by atoms with van der Waals surface area (Å²) in [7, 11) is 0. The van der Waals surface area contributed by atoms with Crippen LogP contribution >= 0.6 is 0 Å². The summed E-state index contributed by atoms with van der Waals surface area (Å²) in [5.74, 6) is 3.17. The van der Waals surface area contributed by atoms with Crippen LogP contribution in [0, 0.1) is 12.3 Å². The molecule has 0 saturated carbocycles. The number of terminal acetylenes is 1. The molecule has 4 aromatic rings. The molecule has 2 N–H and O–H groups in total. The van der Waals surface area contributed by atoms with Crippen LogP contribution in [0.4, 0.5) is 0 Å². The highest BCUT2D eigenvalue weighted by Crippen LogP contribution is 2.25. The molecule has 28 heavy (non-hydrogen) atoms. The van der Waals surface area contributed by atoms with Crippen molar-refractivity contribution < 1.29 is 4.79 Å². The van der Waals surface area contributed by atoms with Gasteiger partial charge < -0.3 is 9.55 Å². The normalized spacial score (nSPS) is 11.0. The summed E-state index contributed by atoms with van der Waals surface area (Å²) >= 11 is 0. The van der Waals surface area contributed by atoms with E-state index in [0.717, 1.165) is 28.1 Å². The van der Waals surface area contributed by atoms with Crippen LogP contribution in [-0.2, 0) is 6.54 Å². The first-order valence-electron chi connectivity index (χ1n) is 8.72. The smallest absolute Gasteiger partial charge is 0.271 e. The van der Waals surface area contributed by atoms with Crippen LogP contribution in [0.1, 0.15) is 16.1 Å². The minimum atomic E-state index is -0.286. The van der Waals surface area contributed by atoms with Crippen LogP contribution < -0.4 is 5.43 Å². The van der Waals surface area contributed by atoms with Crippen LogP contribution in [0.25, 0.3) is 22.4 Å². The van der Waals surface area contributed by atoms with Gasteiger partial charge in [0, 0.05) is 17.3 Å². The fourth-order valence-corrected chi connectivity index (χ4v) is 2.97. The second kappa shape index (κ2) is 7.64. The number of aromatic nitrogens is 3. The van der Waals surface area contributed by atoms with Gasteiger partial charge >= 0.3 is 0 Å². The Hall–Kier alpha value is -4.11. The summed E-state index contributed by atoms with van der Waals surface area (Å²) < 4.78 is 1.99. The van der Waals surface area contributed by atoms with Crippen LogP contribution in [0.2, 0.25) is 0 Å². The minimum Gasteiger partial charge on any atom is -0.360 e. The van der Waals surface area contributed by atoms with Crippen molar-refractivity contribution in [3.63, 3.8) is 0 Å². The third-order valence-electron chi connectivity index (χ3n) is 4.30. The molecule has 4 rings (SSSR count). The number of rotatable bonds is 5. The number of amides is 1. The zero-order valence-electron chi connectivity index (χ0n) is 15.0. The van der Waals surface area contributed by atoms with Crippen LogP contribution in [-0.4, -0.2) is 26.7 Å². The van der Waals surface area contributed by atoms with Gasteiger partial charge in [0.2, 0.25) is 0 Å². The number of aromatic amines is 1. The van der Waals surface area contributed by atoms with Crippen molar-refractivity contribution in [2.24, 2.45) is 5.10 Å². The fraction of sp³-hybridized carbons (Fsp3) is 0.0455. The first kappa shape index (κ1) is 17.3. The van der Waals surface area contributed by atoms with E-state index >= 15 is 0 Å². The molecule has 0 spiro atoms. The van der Waals surface area contributed by atoms with E-state index in [-0.39, 0.29) is 5.91 Å². The number of fused-ring (bicyclic) bond motifs is 1. The van der Waals surface area contributed by atoms with Gasteiger partial charge in [-0.2, -0.15) is 5.10 Å². The summed E-state index contributed by atoms with van der Waals surface area (Å²) in [6, 6.07) is 18.8. The number of imidazole rings is 1. The van der Waals surface area contributed by atoms with Crippen molar-refractivity contribution in [3.05, 3.63) is 78.1 Å². The van der Waals surface area contributed by atoms with Gasteiger partial charge in [-0.05, 0) is 36.4 Å². The Morgan fingerprint density at radius 3 is 2.75 bits per heavy atom. The lowest BCUT2D eigenvalue weighted by molar-refractivity contribution is 0.0955. The number of para-hydroxylation sites is 2. The zero-order chi connectivity index (χ0) is 19.3. The first-order chi connectivity index (χ1) is 13.8. The maximum Gasteiger partial charge on any atom is 0.271 e. The van der Waals surface area contributed by atoms with Crippen molar-refractivity contribution in [1.29, 1.82) is 0 Å². The molecule has 0 unspecified atom stereocenters. The summed E-state index contributed by atoms with van der Waals surface area (Å²) in [6.45, 7) is 0.422. The van der Waals surface area contributed by atoms with Crippen LogP contribution in [0.3, 0.4) is 0 Å². The molecule has 0 bridgehead atoms. The number of hydrazone groups is 1. The molecule has 136 valence electrons. The average molecular weight is 367 g/mol. The van der Waals surface area contributed by atoms with Crippen molar-refractivity contribution in [1.82, 2.24) is 20.0 Å². The van der Waals surface area contributed by atoms with E-state index < -0.39 is 0 Å². The molecule has 6 heteroatoms. The molecule has 0 aliphatic heterocycles. The lowest BCUT2D eigenvalue weighted by atomic mass is 10.1. The summed E-state index contributed by atoms with van der Waals surface area (Å²) in [6.07, 6.45) is 8.87. The average Bonchev–Trinajstić information content (AvgIpc) is 3.37. The van der Waals surface area contributed by atoms with Gasteiger partial charge in [-0.3, -0.25) is 4.79 Å². The van der Waals surface area contributed by atoms with E-state index in [4.69, 9.17) is 11.4 Å². The lowest BCUT2D eigenvalue weighted by Crippen LogP contribution is -2.17. The Morgan fingerprint density at radius 2 is 2.00 bits per heavy atom. The number of nitrogens with one attached hydrogen (secondary N) is 2. The monoisotopic (exact) mass is 367 g/mol. The third-order valence-corrected chi connectivity index (χ3v) is 4.30. The molecule has 2 aromatic carbocycles. The molecule has 6 nitrogen and oxygen atoms in total. The number of hydrogen-bond acceptors (Lipinski definition) is 3. The van der Waals surface area contributed by atoms with Gasteiger partial charge in [-0.15, -0.1) is 6.42 Å². The Bertz CT molecular complexity index is 1180. The number of nitrogens with zero attached hydrogens (tertiary/aromatic N) is 3. The summed E-state index contributed by atoms with van der Waals surface area (Å²) in [5, 5.41) is 3.94. The predicted molar refractivity (Wildman–Crippen MR) is 110 cm³/mol. The van der Waals surface area contributed by atoms with Crippen molar-refractivity contribution in [2.75, 3.05) is 0 Å². The highest BCUT2D eigenvalue weighted by molar-refractivity contribution is 5.95. The van der Waals surface area contributed by atoms with Crippen molar-refractivity contribution in [2.45, 2.75) is 6.54 Å². The lowest BCUT2D eigenvalue weighted by Gasteiger charge is -2.06. The van der Waals surface area contributed by atoms with Gasteiger partial charge in [0.15, 0.2) is 0 Å². The maximum atomic E-state index is 12.2. The molecule has 2 aromatic heterocycles. The molecule has 0 fully saturated rings. The molecule has 0 aliphatic rings. The van der Waals surface area contributed by atoms with E-state index in [9.17, 15) is 4.79 Å². The van der Waals surface area contributed by atoms with Gasteiger partial charge in [-0.1, -0.05) is 30.2 Å². The summed E-state index contributed by atoms with van der Waals surface area (Å²) in [4.78, 5) is 19.9. The largest absolute Gasteiger partial charge is 0.360 e. The molecular formula is C22H17N5O. The molecule has 0 saturated heterocycles. The molecule has 0 atom stereocenters. The van der Waals surface area contributed by atoms with Crippen molar-refractivity contribution >= 4 is 23.2 Å². The Labute approximate surface area is 161 Å². The Morgan fingerprint density at radius 1 is 1.18 bits per heavy atom. The number of H-pyrrole nitrogens is 1. The second-order valence-corrected chi connectivity index (χ2v) is 6.12. The molecule has 0 radical (unpaired) electrons. The number of carbonyl (C=O) groups is 1. The third kappa shape index (κ3) is 3.41. The molecule has 2 heterocycles. The topological polar surface area (TPSA) is 75.1 Å². The van der Waals surface area contributed by atoms with E-state index in [2.05, 4.69) is 21.4 Å². The molecular weight excluding hydrogens is 350 g/mol. The van der Waals surface area contributed by atoms with E-state index in [0.29, 0.717) is 12.1 Å². The fourth-order valence-electron chi connectivity index (χ4n) is 2.97. The van der Waals surface area contributed by atoms with Gasteiger partial charge in [0.25, 0.3) is 5.91 Å². The van der Waals surface area contributed by atoms with E-state index in [1.807, 2.05) is 53.1 Å². The van der Waals surface area contributed by atoms with Gasteiger partial charge in [0.05, 0.1) is 29.5 Å². The molecule has 0 aliphatic carbocycles. The number of benzene rings is 2. The minimum absolute atomic E-state index is 0.286. The van der Waals surface area contributed by atoms with Crippen LogP contribution in [0.5, 0.6) is 0 Å². The van der Waals surface area contributed by atoms with Crippen LogP contribution in [0.15, 0.2) is 72.0 Å². The highest BCUT2D eigenvalue weighted by Gasteiger charge is 2.12. The summed E-state index contributed by atoms with van der Waals surface area (Å²) in [5.41, 5.74) is 6.58. The quantitative estimate of drug-likeness (QED) is 0.322. The number of hydrogen-bond donors (Lipinski definition) is 2. The maximum absolute atomic E-state index is 12.2. The zero-order valence-corrected chi connectivity index (χ0v) is 15.0. The predicted octanol–water partition coefficient (Wildman–Crippen LogP) is 3.43.